The van der Waals surface area contributed by atoms with E-state index in [1.54, 1.807) is 22.7 Å². The molecule has 4 rings (SSSR count). The van der Waals surface area contributed by atoms with Gasteiger partial charge in [-0.1, -0.05) is 5.16 Å². The van der Waals surface area contributed by atoms with Crippen molar-refractivity contribution in [3.05, 3.63) is 29.5 Å². The van der Waals surface area contributed by atoms with Gasteiger partial charge in [-0.3, -0.25) is 4.79 Å². The number of aryl methyl sites for hydroxylation is 2. The summed E-state index contributed by atoms with van der Waals surface area (Å²) < 4.78 is 7.19. The van der Waals surface area contributed by atoms with E-state index in [9.17, 15) is 4.79 Å². The summed E-state index contributed by atoms with van der Waals surface area (Å²) in [5, 5.41) is 8.44. The fourth-order valence-electron chi connectivity index (χ4n) is 3.19. The van der Waals surface area contributed by atoms with Gasteiger partial charge in [-0.25, -0.2) is 9.50 Å². The Morgan fingerprint density at radius 3 is 2.96 bits per heavy atom. The molecule has 1 unspecified atom stereocenters. The van der Waals surface area contributed by atoms with E-state index in [-0.39, 0.29) is 11.9 Å². The molecule has 0 aromatic carbocycles. The van der Waals surface area contributed by atoms with Crippen LogP contribution in [0.25, 0.3) is 17.0 Å². The molecule has 0 spiro atoms. The fourth-order valence-corrected chi connectivity index (χ4v) is 3.19. The van der Waals surface area contributed by atoms with Gasteiger partial charge in [0.2, 0.25) is 17.6 Å². The predicted molar refractivity (Wildman–Crippen MR) is 85.1 cm³/mol. The Morgan fingerprint density at radius 1 is 1.29 bits per heavy atom. The first kappa shape index (κ1) is 14.8. The normalized spacial score (nSPS) is 18.5. The van der Waals surface area contributed by atoms with Crippen LogP contribution in [0.5, 0.6) is 0 Å². The number of piperidine rings is 1. The summed E-state index contributed by atoms with van der Waals surface area (Å²) in [6.07, 6.45) is 3.93. The number of likely N-dealkylation sites (tertiary alicyclic amines) is 1. The lowest BCUT2D eigenvalue weighted by atomic mass is 10.0. The van der Waals surface area contributed by atoms with Crippen LogP contribution >= 0.6 is 0 Å². The van der Waals surface area contributed by atoms with Crippen molar-refractivity contribution in [1.29, 1.82) is 0 Å². The Bertz CT molecular complexity index is 928. The number of carbonyl (C=O) groups is 1. The van der Waals surface area contributed by atoms with Gasteiger partial charge < -0.3 is 9.42 Å². The zero-order chi connectivity index (χ0) is 16.8. The molecule has 1 saturated heterocycles. The van der Waals surface area contributed by atoms with Crippen molar-refractivity contribution in [3.63, 3.8) is 0 Å². The van der Waals surface area contributed by atoms with Crippen molar-refractivity contribution in [2.45, 2.75) is 39.2 Å². The molecule has 0 aliphatic carbocycles. The third-order valence-corrected chi connectivity index (χ3v) is 4.47. The van der Waals surface area contributed by atoms with Gasteiger partial charge >= 0.3 is 0 Å². The largest absolute Gasteiger partial charge is 0.337 e. The van der Waals surface area contributed by atoms with Crippen molar-refractivity contribution in [1.82, 2.24) is 29.6 Å². The minimum Gasteiger partial charge on any atom is -0.337 e. The number of aromatic nitrogens is 5. The lowest BCUT2D eigenvalue weighted by molar-refractivity contribution is -0.135. The second kappa shape index (κ2) is 5.40. The summed E-state index contributed by atoms with van der Waals surface area (Å²) in [6.45, 7) is 3.91. The van der Waals surface area contributed by atoms with Gasteiger partial charge in [0.25, 0.3) is 0 Å². The molecule has 3 aromatic heterocycles. The standard InChI is InChI=1S/C16H18N6O2/c1-9-7-10(2)22-15(18-9)11(8-17-22)14-19-16(24-20-14)12-5-4-6-13(23)21(12)3/h7-8,12H,4-6H2,1-3H3. The van der Waals surface area contributed by atoms with Crippen LogP contribution in [0.3, 0.4) is 0 Å². The highest BCUT2D eigenvalue weighted by Crippen LogP contribution is 2.31. The highest BCUT2D eigenvalue weighted by Gasteiger charge is 2.31. The van der Waals surface area contributed by atoms with Crippen LogP contribution in [0.15, 0.2) is 16.8 Å². The second-order valence-corrected chi connectivity index (χ2v) is 6.20. The Hall–Kier alpha value is -2.77. The molecule has 4 heterocycles. The molecule has 8 heteroatoms. The van der Waals surface area contributed by atoms with E-state index in [0.29, 0.717) is 23.8 Å². The van der Waals surface area contributed by atoms with Crippen LogP contribution in [0.4, 0.5) is 0 Å². The summed E-state index contributed by atoms with van der Waals surface area (Å²) in [6, 6.07) is 1.80. The Morgan fingerprint density at radius 2 is 2.12 bits per heavy atom. The van der Waals surface area contributed by atoms with Crippen molar-refractivity contribution in [3.8, 4) is 11.4 Å². The van der Waals surface area contributed by atoms with Crippen LogP contribution in [0, 0.1) is 13.8 Å². The molecule has 8 nitrogen and oxygen atoms in total. The van der Waals surface area contributed by atoms with Gasteiger partial charge in [0, 0.05) is 24.9 Å². The average molecular weight is 326 g/mol. The molecule has 1 atom stereocenters. The van der Waals surface area contributed by atoms with E-state index >= 15 is 0 Å². The first-order chi connectivity index (χ1) is 11.5. The Labute approximate surface area is 138 Å². The third kappa shape index (κ3) is 2.26. The fraction of sp³-hybridized carbons (Fsp3) is 0.438. The van der Waals surface area contributed by atoms with Crippen molar-refractivity contribution in [2.75, 3.05) is 7.05 Å². The molecule has 0 bridgehead atoms. The van der Waals surface area contributed by atoms with Gasteiger partial charge in [-0.2, -0.15) is 10.1 Å². The highest BCUT2D eigenvalue weighted by atomic mass is 16.5. The monoisotopic (exact) mass is 326 g/mol. The van der Waals surface area contributed by atoms with Gasteiger partial charge in [0.05, 0.1) is 11.8 Å². The maximum atomic E-state index is 11.9. The van der Waals surface area contributed by atoms with E-state index in [0.717, 1.165) is 29.8 Å². The molecule has 0 radical (unpaired) electrons. The van der Waals surface area contributed by atoms with E-state index < -0.39 is 0 Å². The molecule has 0 N–H and O–H groups in total. The SMILES string of the molecule is Cc1cc(C)n2ncc(-c3noc(C4CCCC(=O)N4C)n3)c2n1. The average Bonchev–Trinajstić information content (AvgIpc) is 3.16. The van der Waals surface area contributed by atoms with Crippen molar-refractivity contribution >= 4 is 11.6 Å². The van der Waals surface area contributed by atoms with Gasteiger partial charge in [0.15, 0.2) is 5.65 Å². The summed E-state index contributed by atoms with van der Waals surface area (Å²) in [7, 11) is 1.78. The summed E-state index contributed by atoms with van der Waals surface area (Å²) in [5.41, 5.74) is 3.32. The van der Waals surface area contributed by atoms with Crippen LogP contribution in [-0.2, 0) is 4.79 Å². The summed E-state index contributed by atoms with van der Waals surface area (Å²) in [4.78, 5) is 22.6. The molecule has 1 fully saturated rings. The maximum Gasteiger partial charge on any atom is 0.249 e. The number of hydrogen-bond acceptors (Lipinski definition) is 6. The lowest BCUT2D eigenvalue weighted by Crippen LogP contribution is -2.34. The Kier molecular flexibility index (Phi) is 3.33. The zero-order valence-electron chi connectivity index (χ0n) is 13.9. The molecule has 1 amide bonds. The van der Waals surface area contributed by atoms with Gasteiger partial charge in [-0.15, -0.1) is 0 Å². The first-order valence-corrected chi connectivity index (χ1v) is 7.96. The summed E-state index contributed by atoms with van der Waals surface area (Å²) >= 11 is 0. The van der Waals surface area contributed by atoms with Crippen LogP contribution in [-0.4, -0.2) is 42.6 Å². The van der Waals surface area contributed by atoms with Gasteiger partial charge in [0.1, 0.15) is 6.04 Å². The molecule has 3 aromatic rings. The molecule has 1 aliphatic heterocycles. The predicted octanol–water partition coefficient (Wildman–Crippen LogP) is 2.08. The smallest absolute Gasteiger partial charge is 0.249 e. The van der Waals surface area contributed by atoms with E-state index in [4.69, 9.17) is 4.52 Å². The van der Waals surface area contributed by atoms with Crippen LogP contribution in [0.1, 0.15) is 42.6 Å². The summed E-state index contributed by atoms with van der Waals surface area (Å²) in [5.74, 6) is 1.02. The van der Waals surface area contributed by atoms with E-state index in [1.807, 2.05) is 19.9 Å². The number of amides is 1. The maximum absolute atomic E-state index is 11.9. The van der Waals surface area contributed by atoms with Crippen LogP contribution < -0.4 is 0 Å². The number of nitrogens with zero attached hydrogens (tertiary/aromatic N) is 6. The minimum atomic E-state index is -0.161. The van der Waals surface area contributed by atoms with Crippen LogP contribution in [0.2, 0.25) is 0 Å². The minimum absolute atomic E-state index is 0.106. The number of rotatable bonds is 2. The molecule has 24 heavy (non-hydrogen) atoms. The first-order valence-electron chi connectivity index (χ1n) is 7.96. The third-order valence-electron chi connectivity index (χ3n) is 4.47. The molecular weight excluding hydrogens is 308 g/mol. The quantitative estimate of drug-likeness (QED) is 0.716. The second-order valence-electron chi connectivity index (χ2n) is 6.20. The molecule has 0 saturated carbocycles. The zero-order valence-corrected chi connectivity index (χ0v) is 13.9. The van der Waals surface area contributed by atoms with E-state index in [1.165, 1.54) is 0 Å². The lowest BCUT2D eigenvalue weighted by Gasteiger charge is -2.29. The molecule has 124 valence electrons. The topological polar surface area (TPSA) is 89.4 Å². The Balaban J connectivity index is 1.74. The number of fused-ring (bicyclic) bond motifs is 1. The molecular formula is C16H18N6O2. The van der Waals surface area contributed by atoms with E-state index in [2.05, 4.69) is 20.2 Å². The van der Waals surface area contributed by atoms with Gasteiger partial charge in [-0.05, 0) is 32.8 Å². The number of carbonyl (C=O) groups excluding carboxylic acids is 1. The van der Waals surface area contributed by atoms with Crippen molar-refractivity contribution < 1.29 is 9.32 Å². The number of hydrogen-bond donors (Lipinski definition) is 0. The van der Waals surface area contributed by atoms with Crippen molar-refractivity contribution in [2.24, 2.45) is 0 Å². The highest BCUT2D eigenvalue weighted by molar-refractivity contribution is 5.77. The molecule has 1 aliphatic rings.